The normalized spacial score (nSPS) is 13.1. The lowest BCUT2D eigenvalue weighted by atomic mass is 10.1. The van der Waals surface area contributed by atoms with Crippen LogP contribution < -0.4 is 0 Å². The number of carbonyl (C=O) groups excluding carboxylic acids is 1. The third kappa shape index (κ3) is 3.67. The zero-order valence-electron chi connectivity index (χ0n) is 8.55. The van der Waals surface area contributed by atoms with E-state index in [0.717, 1.165) is 5.57 Å². The van der Waals surface area contributed by atoms with Crippen LogP contribution in [0.15, 0.2) is 12.2 Å². The lowest BCUT2D eigenvalue weighted by Gasteiger charge is -2.23. The van der Waals surface area contributed by atoms with Crippen LogP contribution >= 0.6 is 0 Å². The van der Waals surface area contributed by atoms with Crippen LogP contribution in [0.2, 0.25) is 0 Å². The first-order valence-electron chi connectivity index (χ1n) is 4.36. The molecular formula is C10H19NO. The minimum Gasteiger partial charge on any atom is -0.298 e. The minimum absolute atomic E-state index is 0.283. The summed E-state index contributed by atoms with van der Waals surface area (Å²) >= 11 is 0. The first-order valence-corrected chi connectivity index (χ1v) is 4.36. The molecule has 1 unspecified atom stereocenters. The smallest absolute Gasteiger partial charge is 0.146 e. The summed E-state index contributed by atoms with van der Waals surface area (Å²) in [7, 11) is 1.95. The number of rotatable bonds is 5. The number of hydrogen-bond acceptors (Lipinski definition) is 2. The van der Waals surface area contributed by atoms with Crippen LogP contribution in [-0.2, 0) is 4.79 Å². The van der Waals surface area contributed by atoms with Gasteiger partial charge >= 0.3 is 0 Å². The van der Waals surface area contributed by atoms with E-state index in [9.17, 15) is 4.79 Å². The van der Waals surface area contributed by atoms with Crippen LogP contribution in [-0.4, -0.2) is 30.3 Å². The van der Waals surface area contributed by atoms with Crippen molar-refractivity contribution in [3.8, 4) is 0 Å². The van der Waals surface area contributed by atoms with Crippen LogP contribution in [0.4, 0.5) is 0 Å². The second-order valence-electron chi connectivity index (χ2n) is 3.33. The second-order valence-corrected chi connectivity index (χ2v) is 3.33. The van der Waals surface area contributed by atoms with E-state index in [1.54, 1.807) is 0 Å². The molecule has 2 nitrogen and oxygen atoms in total. The Morgan fingerprint density at radius 1 is 1.58 bits per heavy atom. The fraction of sp³-hybridized carbons (Fsp3) is 0.700. The number of likely N-dealkylation sites (N-methyl/N-ethyl adjacent to an activating group) is 1. The van der Waals surface area contributed by atoms with Crippen molar-refractivity contribution in [2.75, 3.05) is 13.6 Å². The third-order valence-electron chi connectivity index (χ3n) is 2.19. The standard InChI is InChI=1S/C10H19NO/c1-6-10(12)7-11(5)9(4)8(2)3/h9H,2,6-7H2,1,3-5H3. The molecule has 0 amide bonds. The number of Topliss-reactive ketones (excluding diaryl/α,β-unsaturated/α-hetero) is 1. The molecule has 0 aliphatic carbocycles. The lowest BCUT2D eigenvalue weighted by Crippen LogP contribution is -2.34. The Hall–Kier alpha value is -0.630. The third-order valence-corrected chi connectivity index (χ3v) is 2.19. The largest absolute Gasteiger partial charge is 0.298 e. The molecule has 0 aromatic heterocycles. The van der Waals surface area contributed by atoms with E-state index in [1.807, 2.05) is 25.8 Å². The molecule has 0 aliphatic heterocycles. The summed E-state index contributed by atoms with van der Waals surface area (Å²) in [6.45, 7) is 10.3. The van der Waals surface area contributed by atoms with Crippen LogP contribution in [0.1, 0.15) is 27.2 Å². The Morgan fingerprint density at radius 3 is 2.42 bits per heavy atom. The molecule has 0 N–H and O–H groups in total. The summed E-state index contributed by atoms with van der Waals surface area (Å²) in [5.74, 6) is 0.283. The van der Waals surface area contributed by atoms with Gasteiger partial charge in [0.15, 0.2) is 0 Å². The maximum Gasteiger partial charge on any atom is 0.146 e. The molecule has 0 rings (SSSR count). The van der Waals surface area contributed by atoms with Crippen LogP contribution in [0.3, 0.4) is 0 Å². The summed E-state index contributed by atoms with van der Waals surface area (Å²) in [4.78, 5) is 13.1. The van der Waals surface area contributed by atoms with Gasteiger partial charge in [0.1, 0.15) is 5.78 Å². The monoisotopic (exact) mass is 169 g/mol. The topological polar surface area (TPSA) is 20.3 Å². The number of carbonyl (C=O) groups is 1. The van der Waals surface area contributed by atoms with Gasteiger partial charge in [0.05, 0.1) is 6.54 Å². The van der Waals surface area contributed by atoms with Gasteiger partial charge in [-0.25, -0.2) is 0 Å². The highest BCUT2D eigenvalue weighted by Crippen LogP contribution is 2.05. The highest BCUT2D eigenvalue weighted by molar-refractivity contribution is 5.80. The molecule has 12 heavy (non-hydrogen) atoms. The summed E-state index contributed by atoms with van der Waals surface area (Å²) in [6, 6.07) is 0.292. The van der Waals surface area contributed by atoms with Gasteiger partial charge < -0.3 is 0 Å². The fourth-order valence-electron chi connectivity index (χ4n) is 0.903. The number of nitrogens with zero attached hydrogens (tertiary/aromatic N) is 1. The van der Waals surface area contributed by atoms with Gasteiger partial charge in [0.25, 0.3) is 0 Å². The van der Waals surface area contributed by atoms with Crippen molar-refractivity contribution >= 4 is 5.78 Å². The van der Waals surface area contributed by atoms with Gasteiger partial charge in [-0.15, -0.1) is 0 Å². The molecule has 2 heteroatoms. The molecule has 0 heterocycles. The van der Waals surface area contributed by atoms with Crippen molar-refractivity contribution in [1.82, 2.24) is 4.90 Å². The van der Waals surface area contributed by atoms with Gasteiger partial charge in [-0.2, -0.15) is 0 Å². The van der Waals surface area contributed by atoms with Crippen molar-refractivity contribution in [1.29, 1.82) is 0 Å². The Balaban J connectivity index is 3.94. The number of ketones is 1. The van der Waals surface area contributed by atoms with Crippen LogP contribution in [0.5, 0.6) is 0 Å². The molecule has 1 atom stereocenters. The van der Waals surface area contributed by atoms with Crippen LogP contribution in [0, 0.1) is 0 Å². The van der Waals surface area contributed by atoms with E-state index >= 15 is 0 Å². The van der Waals surface area contributed by atoms with Gasteiger partial charge in [0.2, 0.25) is 0 Å². The highest BCUT2D eigenvalue weighted by atomic mass is 16.1. The molecule has 0 bridgehead atoms. The quantitative estimate of drug-likeness (QED) is 0.585. The average molecular weight is 169 g/mol. The highest BCUT2D eigenvalue weighted by Gasteiger charge is 2.11. The van der Waals surface area contributed by atoms with E-state index in [2.05, 4.69) is 13.5 Å². The molecule has 0 saturated heterocycles. The first-order chi connectivity index (χ1) is 5.49. The molecule has 70 valence electrons. The molecule has 0 aromatic carbocycles. The van der Waals surface area contributed by atoms with E-state index in [0.29, 0.717) is 19.0 Å². The minimum atomic E-state index is 0.283. The van der Waals surface area contributed by atoms with Crippen molar-refractivity contribution in [3.63, 3.8) is 0 Å². The predicted molar refractivity (Wildman–Crippen MR) is 52.2 cm³/mol. The van der Waals surface area contributed by atoms with Gasteiger partial charge in [-0.3, -0.25) is 9.69 Å². The fourth-order valence-corrected chi connectivity index (χ4v) is 0.903. The SMILES string of the molecule is C=C(C)C(C)N(C)CC(=O)CC. The van der Waals surface area contributed by atoms with E-state index in [4.69, 9.17) is 0 Å². The van der Waals surface area contributed by atoms with E-state index in [1.165, 1.54) is 0 Å². The molecule has 0 saturated carbocycles. The molecule has 0 fully saturated rings. The number of hydrogen-bond donors (Lipinski definition) is 0. The van der Waals surface area contributed by atoms with Crippen molar-refractivity contribution < 1.29 is 4.79 Å². The van der Waals surface area contributed by atoms with Crippen molar-refractivity contribution in [2.45, 2.75) is 33.2 Å². The Kier molecular flexibility index (Phi) is 4.83. The summed E-state index contributed by atoms with van der Waals surface area (Å²) in [6.07, 6.45) is 0.618. The Labute approximate surface area is 75.3 Å². The summed E-state index contributed by atoms with van der Waals surface area (Å²) in [5.41, 5.74) is 1.10. The molecule has 0 radical (unpaired) electrons. The van der Waals surface area contributed by atoms with E-state index in [-0.39, 0.29) is 5.78 Å². The first kappa shape index (κ1) is 11.4. The average Bonchev–Trinajstić information content (AvgIpc) is 2.02. The summed E-state index contributed by atoms with van der Waals surface area (Å²) < 4.78 is 0. The van der Waals surface area contributed by atoms with Gasteiger partial charge in [-0.05, 0) is 20.9 Å². The second kappa shape index (κ2) is 5.09. The molecule has 0 spiro atoms. The molecule has 0 aromatic rings. The molecular weight excluding hydrogens is 150 g/mol. The maximum absolute atomic E-state index is 11.1. The Morgan fingerprint density at radius 2 is 2.08 bits per heavy atom. The predicted octanol–water partition coefficient (Wildman–Crippen LogP) is 1.86. The van der Waals surface area contributed by atoms with Gasteiger partial charge in [-0.1, -0.05) is 19.1 Å². The Bertz CT molecular complexity index is 175. The lowest BCUT2D eigenvalue weighted by molar-refractivity contribution is -0.119. The van der Waals surface area contributed by atoms with Crippen molar-refractivity contribution in [2.24, 2.45) is 0 Å². The zero-order valence-corrected chi connectivity index (χ0v) is 8.55. The van der Waals surface area contributed by atoms with Crippen molar-refractivity contribution in [3.05, 3.63) is 12.2 Å². The maximum atomic E-state index is 11.1. The molecule has 0 aliphatic rings. The van der Waals surface area contributed by atoms with E-state index < -0.39 is 0 Å². The van der Waals surface area contributed by atoms with Crippen LogP contribution in [0.25, 0.3) is 0 Å². The zero-order chi connectivity index (χ0) is 9.72. The van der Waals surface area contributed by atoms with Gasteiger partial charge in [0, 0.05) is 12.5 Å². The summed E-state index contributed by atoms with van der Waals surface area (Å²) in [5, 5.41) is 0.